The number of nitrogens with one attached hydrogen (secondary N) is 1. The van der Waals surface area contributed by atoms with E-state index in [9.17, 15) is 0 Å². The second-order valence-electron chi connectivity index (χ2n) is 6.43. The minimum absolute atomic E-state index is 0.0493. The molecule has 1 unspecified atom stereocenters. The van der Waals surface area contributed by atoms with Crippen molar-refractivity contribution in [2.24, 2.45) is 0 Å². The number of anilines is 2. The molecular formula is C20H22N3O3P. The number of methoxy groups -OCH3 is 2. The van der Waals surface area contributed by atoms with Gasteiger partial charge < -0.3 is 24.6 Å². The summed E-state index contributed by atoms with van der Waals surface area (Å²) in [4.78, 5) is 16.0. The van der Waals surface area contributed by atoms with Gasteiger partial charge in [0.2, 0.25) is 0 Å². The molecule has 1 aromatic heterocycles. The highest BCUT2D eigenvalue weighted by Crippen LogP contribution is 2.42. The summed E-state index contributed by atoms with van der Waals surface area (Å²) in [6, 6.07) is 12.3. The molecule has 2 aromatic carbocycles. The maximum absolute atomic E-state index is 9.09. The van der Waals surface area contributed by atoms with E-state index < -0.39 is 0 Å². The predicted molar refractivity (Wildman–Crippen MR) is 110 cm³/mol. The highest BCUT2D eigenvalue weighted by atomic mass is 31.1. The van der Waals surface area contributed by atoms with Crippen molar-refractivity contribution < 1.29 is 14.4 Å². The van der Waals surface area contributed by atoms with E-state index in [0.717, 1.165) is 41.1 Å². The van der Waals surface area contributed by atoms with Crippen LogP contribution in [0, 0.1) is 0 Å². The van der Waals surface area contributed by atoms with Gasteiger partial charge in [-0.25, -0.2) is 0 Å². The molecule has 0 aliphatic carbocycles. The van der Waals surface area contributed by atoms with E-state index >= 15 is 0 Å². The van der Waals surface area contributed by atoms with Crippen LogP contribution in [0.3, 0.4) is 0 Å². The number of hydrogen-bond acceptors (Lipinski definition) is 6. The van der Waals surface area contributed by atoms with Gasteiger partial charge in [0, 0.05) is 33.0 Å². The van der Waals surface area contributed by atoms with Crippen LogP contribution in [0.5, 0.6) is 11.5 Å². The van der Waals surface area contributed by atoms with Crippen LogP contribution < -0.4 is 19.7 Å². The zero-order valence-corrected chi connectivity index (χ0v) is 16.3. The molecule has 0 spiro atoms. The summed E-state index contributed by atoms with van der Waals surface area (Å²) in [6.45, 7) is 1.51. The standard InChI is InChI=1S/C20H22N3O3P/c1-25-18-7-15-16(8-19(18)26-2)21-9-17-20(15)23(12-22-17)10-13-3-5-14(6-4-13)11-27-24/h3-9,22,24,27H,10-12H2,1-2H3. The molecule has 2 heterocycles. The largest absolute Gasteiger partial charge is 0.493 e. The molecule has 1 atom stereocenters. The number of hydrogen-bond donors (Lipinski definition) is 2. The minimum Gasteiger partial charge on any atom is -0.493 e. The lowest BCUT2D eigenvalue weighted by Gasteiger charge is -2.20. The Hall–Kier alpha value is -2.56. The van der Waals surface area contributed by atoms with Crippen molar-refractivity contribution in [3.8, 4) is 11.5 Å². The molecule has 0 amide bonds. The number of fused-ring (bicyclic) bond motifs is 3. The van der Waals surface area contributed by atoms with E-state index in [2.05, 4.69) is 39.5 Å². The Bertz CT molecular complexity index is 963. The van der Waals surface area contributed by atoms with E-state index in [0.29, 0.717) is 17.7 Å². The van der Waals surface area contributed by atoms with Crippen LogP contribution in [0.25, 0.3) is 10.9 Å². The Morgan fingerprint density at radius 1 is 1.11 bits per heavy atom. The lowest BCUT2D eigenvalue weighted by molar-refractivity contribution is 0.356. The maximum atomic E-state index is 9.09. The normalized spacial score (nSPS) is 13.2. The van der Waals surface area contributed by atoms with Gasteiger partial charge in [-0.05, 0) is 17.2 Å². The fraction of sp³-hybridized carbons (Fsp3) is 0.250. The molecule has 0 saturated carbocycles. The van der Waals surface area contributed by atoms with Crippen molar-refractivity contribution >= 4 is 31.1 Å². The van der Waals surface area contributed by atoms with Crippen LogP contribution in [0.4, 0.5) is 11.4 Å². The predicted octanol–water partition coefficient (Wildman–Crippen LogP) is 3.73. The van der Waals surface area contributed by atoms with Gasteiger partial charge in [-0.15, -0.1) is 0 Å². The summed E-state index contributed by atoms with van der Waals surface area (Å²) < 4.78 is 10.9. The number of benzene rings is 2. The zero-order chi connectivity index (χ0) is 18.8. The van der Waals surface area contributed by atoms with Crippen LogP contribution in [0.2, 0.25) is 0 Å². The Kier molecular flexibility index (Phi) is 5.01. The number of rotatable bonds is 6. The first-order chi connectivity index (χ1) is 13.2. The van der Waals surface area contributed by atoms with Gasteiger partial charge in [0.05, 0.1) is 44.0 Å². The topological polar surface area (TPSA) is 66.9 Å². The van der Waals surface area contributed by atoms with Gasteiger partial charge in [-0.1, -0.05) is 24.3 Å². The van der Waals surface area contributed by atoms with Crippen molar-refractivity contribution in [3.63, 3.8) is 0 Å². The second-order valence-corrected chi connectivity index (χ2v) is 7.10. The Balaban J connectivity index is 1.70. The van der Waals surface area contributed by atoms with E-state index in [1.807, 2.05) is 18.3 Å². The van der Waals surface area contributed by atoms with Gasteiger partial charge in [-0.2, -0.15) is 0 Å². The SMILES string of the molecule is COc1cc2ncc3c(c2cc1OC)N(Cc1ccc(CPO)cc1)CN3. The van der Waals surface area contributed by atoms with Crippen LogP contribution in [-0.2, 0) is 12.7 Å². The molecule has 2 N–H and O–H groups in total. The molecule has 3 aromatic rings. The molecule has 0 fully saturated rings. The smallest absolute Gasteiger partial charge is 0.162 e. The summed E-state index contributed by atoms with van der Waals surface area (Å²) in [7, 11) is 3.23. The molecule has 7 heteroatoms. The van der Waals surface area contributed by atoms with Crippen LogP contribution >= 0.6 is 8.81 Å². The van der Waals surface area contributed by atoms with E-state index in [4.69, 9.17) is 14.4 Å². The molecule has 1 aliphatic rings. The fourth-order valence-electron chi connectivity index (χ4n) is 3.44. The molecule has 0 saturated heterocycles. The van der Waals surface area contributed by atoms with Gasteiger partial charge in [0.15, 0.2) is 11.5 Å². The molecule has 0 bridgehead atoms. The molecule has 140 valence electrons. The molecule has 0 radical (unpaired) electrons. The first-order valence-corrected chi connectivity index (χ1v) is 9.87. The van der Waals surface area contributed by atoms with Gasteiger partial charge >= 0.3 is 0 Å². The fourth-order valence-corrected chi connectivity index (χ4v) is 3.86. The van der Waals surface area contributed by atoms with E-state index in [1.165, 1.54) is 5.56 Å². The summed E-state index contributed by atoms with van der Waals surface area (Å²) in [6.07, 6.45) is 2.58. The maximum Gasteiger partial charge on any atom is 0.162 e. The Morgan fingerprint density at radius 3 is 2.52 bits per heavy atom. The minimum atomic E-state index is -0.0493. The van der Waals surface area contributed by atoms with Crippen molar-refractivity contribution in [3.05, 3.63) is 53.7 Å². The summed E-state index contributed by atoms with van der Waals surface area (Å²) in [5.74, 6) is 1.37. The van der Waals surface area contributed by atoms with E-state index in [1.54, 1.807) is 14.2 Å². The third-order valence-corrected chi connectivity index (χ3v) is 5.37. The zero-order valence-electron chi connectivity index (χ0n) is 15.3. The third-order valence-electron chi connectivity index (χ3n) is 4.80. The first-order valence-electron chi connectivity index (χ1n) is 8.72. The van der Waals surface area contributed by atoms with Crippen molar-refractivity contribution in [1.82, 2.24) is 4.98 Å². The first kappa shape index (κ1) is 17.8. The average Bonchev–Trinajstić information content (AvgIpc) is 3.11. The lowest BCUT2D eigenvalue weighted by Crippen LogP contribution is -2.22. The monoisotopic (exact) mass is 383 g/mol. The highest BCUT2D eigenvalue weighted by molar-refractivity contribution is 7.30. The Morgan fingerprint density at radius 2 is 1.81 bits per heavy atom. The van der Waals surface area contributed by atoms with Crippen molar-refractivity contribution in [2.75, 3.05) is 31.1 Å². The molecule has 6 nitrogen and oxygen atoms in total. The average molecular weight is 383 g/mol. The number of nitrogens with zero attached hydrogens (tertiary/aromatic N) is 2. The third kappa shape index (κ3) is 3.38. The summed E-state index contributed by atoms with van der Waals surface area (Å²) in [5, 5.41) is 4.46. The quantitative estimate of drug-likeness (QED) is 0.633. The molecule has 4 rings (SSSR count). The number of pyridine rings is 1. The molecule has 27 heavy (non-hydrogen) atoms. The van der Waals surface area contributed by atoms with Gasteiger partial charge in [-0.3, -0.25) is 4.98 Å². The summed E-state index contributed by atoms with van der Waals surface area (Å²) >= 11 is 0. The number of aromatic nitrogens is 1. The van der Waals surface area contributed by atoms with Gasteiger partial charge in [0.25, 0.3) is 0 Å². The molecular weight excluding hydrogens is 361 g/mol. The van der Waals surface area contributed by atoms with Crippen LogP contribution in [0.15, 0.2) is 42.6 Å². The van der Waals surface area contributed by atoms with Gasteiger partial charge in [0.1, 0.15) is 0 Å². The number of ether oxygens (including phenoxy) is 2. The van der Waals surface area contributed by atoms with E-state index in [-0.39, 0.29) is 8.81 Å². The van der Waals surface area contributed by atoms with Crippen LogP contribution in [-0.4, -0.2) is 30.8 Å². The van der Waals surface area contributed by atoms with Crippen LogP contribution in [0.1, 0.15) is 11.1 Å². The highest BCUT2D eigenvalue weighted by Gasteiger charge is 2.23. The van der Waals surface area contributed by atoms with Crippen molar-refractivity contribution in [1.29, 1.82) is 0 Å². The summed E-state index contributed by atoms with van der Waals surface area (Å²) in [5.41, 5.74) is 5.40. The molecule has 1 aliphatic heterocycles. The lowest BCUT2D eigenvalue weighted by atomic mass is 10.1. The van der Waals surface area contributed by atoms with Crippen molar-refractivity contribution in [2.45, 2.75) is 12.7 Å². The second kappa shape index (κ2) is 7.59. The Labute approximate surface area is 160 Å².